The summed E-state index contributed by atoms with van der Waals surface area (Å²) in [5.74, 6) is 0. The van der Waals surface area contributed by atoms with Crippen LogP contribution in [0.5, 0.6) is 0 Å². The minimum atomic E-state index is 1.11. The van der Waals surface area contributed by atoms with E-state index in [1.54, 1.807) is 0 Å². The van der Waals surface area contributed by atoms with Crippen molar-refractivity contribution in [3.63, 3.8) is 0 Å². The van der Waals surface area contributed by atoms with Gasteiger partial charge in [0.1, 0.15) is 0 Å². The molecule has 12 heavy (non-hydrogen) atoms. The molecule has 0 nitrogen and oxygen atoms in total. The maximum Gasteiger partial charge on any atom is -0.0169 e. The molecular weight excluding hydrogens is 144 g/mol. The third kappa shape index (κ3) is 9.48. The summed E-state index contributed by atoms with van der Waals surface area (Å²) in [5.41, 5.74) is 0. The van der Waals surface area contributed by atoms with Crippen LogP contribution in [0.15, 0.2) is 24.3 Å². The molecule has 0 fully saturated rings. The Morgan fingerprint density at radius 1 is 0.750 bits per heavy atom. The van der Waals surface area contributed by atoms with Crippen LogP contribution < -0.4 is 0 Å². The molecule has 0 aromatic carbocycles. The maximum absolute atomic E-state index is 2.29. The first-order valence-corrected chi connectivity index (χ1v) is 5.21. The van der Waals surface area contributed by atoms with Crippen molar-refractivity contribution in [2.24, 2.45) is 0 Å². The van der Waals surface area contributed by atoms with Crippen molar-refractivity contribution in [1.29, 1.82) is 0 Å². The minimum Gasteiger partial charge on any atom is -0.0882 e. The predicted molar refractivity (Wildman–Crippen MR) is 57.3 cm³/mol. The predicted octanol–water partition coefficient (Wildman–Crippen LogP) is 4.48. The third-order valence-corrected chi connectivity index (χ3v) is 1.79. The first-order chi connectivity index (χ1) is 5.91. The molecule has 0 amide bonds. The van der Waals surface area contributed by atoms with Crippen LogP contribution in [0.2, 0.25) is 0 Å². The summed E-state index contributed by atoms with van der Waals surface area (Å²) in [4.78, 5) is 0. The van der Waals surface area contributed by atoms with Crippen molar-refractivity contribution >= 4 is 0 Å². The summed E-state index contributed by atoms with van der Waals surface area (Å²) in [5, 5.41) is 0. The van der Waals surface area contributed by atoms with Crippen molar-refractivity contribution in [3.05, 3.63) is 24.3 Å². The average Bonchev–Trinajstić information content (AvgIpc) is 2.10. The van der Waals surface area contributed by atoms with Crippen LogP contribution in [0, 0.1) is 0 Å². The molecule has 0 heteroatoms. The Morgan fingerprint density at radius 2 is 1.42 bits per heavy atom. The zero-order valence-electron chi connectivity index (χ0n) is 8.55. The van der Waals surface area contributed by atoms with Crippen molar-refractivity contribution < 1.29 is 0 Å². The highest BCUT2D eigenvalue weighted by atomic mass is 13.8. The van der Waals surface area contributed by atoms with E-state index in [0.29, 0.717) is 0 Å². The lowest BCUT2D eigenvalue weighted by molar-refractivity contribution is 0.813. The highest BCUT2D eigenvalue weighted by molar-refractivity contribution is 4.92. The van der Waals surface area contributed by atoms with E-state index in [1.807, 2.05) is 0 Å². The first-order valence-electron chi connectivity index (χ1n) is 5.21. The molecule has 0 saturated heterocycles. The molecule has 0 radical (unpaired) electrons. The van der Waals surface area contributed by atoms with Gasteiger partial charge in [-0.2, -0.15) is 0 Å². The summed E-state index contributed by atoms with van der Waals surface area (Å²) in [6, 6.07) is 0. The fourth-order valence-corrected chi connectivity index (χ4v) is 0.995. The Balaban J connectivity index is 3.12. The van der Waals surface area contributed by atoms with E-state index in [9.17, 15) is 0 Å². The molecule has 0 aromatic rings. The second-order valence-electron chi connectivity index (χ2n) is 3.11. The van der Waals surface area contributed by atoms with E-state index in [1.165, 1.54) is 32.1 Å². The Labute approximate surface area is 77.4 Å². The molecule has 0 spiro atoms. The van der Waals surface area contributed by atoms with Gasteiger partial charge in [-0.25, -0.2) is 0 Å². The molecule has 70 valence electrons. The Bertz CT molecular complexity index is 120. The molecule has 0 N–H and O–H groups in total. The van der Waals surface area contributed by atoms with E-state index in [4.69, 9.17) is 0 Å². The summed E-state index contributed by atoms with van der Waals surface area (Å²) in [6.07, 6.45) is 16.6. The van der Waals surface area contributed by atoms with Gasteiger partial charge in [-0.1, -0.05) is 57.4 Å². The standard InChI is InChI=1S/C12H22/c1-3-5-7-9-11-12-10-8-6-4-2/h7,9-10,12H,3-6,8,11H2,1-2H3. The maximum atomic E-state index is 2.29. The Hall–Kier alpha value is -0.520. The molecule has 0 aliphatic carbocycles. The number of allylic oxidation sites excluding steroid dienone is 4. The van der Waals surface area contributed by atoms with Crippen LogP contribution in [0.25, 0.3) is 0 Å². The van der Waals surface area contributed by atoms with Crippen molar-refractivity contribution in [1.82, 2.24) is 0 Å². The lowest BCUT2D eigenvalue weighted by Gasteiger charge is -1.87. The van der Waals surface area contributed by atoms with Gasteiger partial charge in [0.05, 0.1) is 0 Å². The van der Waals surface area contributed by atoms with Gasteiger partial charge in [0.15, 0.2) is 0 Å². The molecule has 0 heterocycles. The average molecular weight is 166 g/mol. The van der Waals surface area contributed by atoms with Gasteiger partial charge >= 0.3 is 0 Å². The van der Waals surface area contributed by atoms with Gasteiger partial charge in [0.2, 0.25) is 0 Å². The van der Waals surface area contributed by atoms with E-state index in [-0.39, 0.29) is 0 Å². The Morgan fingerprint density at radius 3 is 2.00 bits per heavy atom. The number of hydrogen-bond donors (Lipinski definition) is 0. The van der Waals surface area contributed by atoms with Crippen molar-refractivity contribution in [3.8, 4) is 0 Å². The SMILES string of the molecule is CCCC=CCC=CCCCC. The van der Waals surface area contributed by atoms with E-state index >= 15 is 0 Å². The van der Waals surface area contributed by atoms with Gasteiger partial charge in [-0.15, -0.1) is 0 Å². The largest absolute Gasteiger partial charge is 0.0882 e. The highest BCUT2D eigenvalue weighted by Crippen LogP contribution is 1.97. The van der Waals surface area contributed by atoms with Gasteiger partial charge in [0.25, 0.3) is 0 Å². The molecule has 0 atom stereocenters. The van der Waals surface area contributed by atoms with Gasteiger partial charge in [0, 0.05) is 0 Å². The van der Waals surface area contributed by atoms with Gasteiger partial charge in [-0.3, -0.25) is 0 Å². The zero-order valence-corrected chi connectivity index (χ0v) is 8.55. The molecule has 0 aromatic heterocycles. The quantitative estimate of drug-likeness (QED) is 0.386. The van der Waals surface area contributed by atoms with E-state index in [0.717, 1.165) is 6.42 Å². The molecule has 0 aliphatic rings. The van der Waals surface area contributed by atoms with Crippen LogP contribution in [0.1, 0.15) is 52.4 Å². The smallest absolute Gasteiger partial charge is 0.0169 e. The second-order valence-corrected chi connectivity index (χ2v) is 3.11. The van der Waals surface area contributed by atoms with Crippen LogP contribution in [-0.2, 0) is 0 Å². The number of unbranched alkanes of at least 4 members (excludes halogenated alkanes) is 3. The zero-order chi connectivity index (χ0) is 9.07. The molecule has 0 saturated carbocycles. The summed E-state index contributed by atoms with van der Waals surface area (Å²) in [7, 11) is 0. The lowest BCUT2D eigenvalue weighted by atomic mass is 10.2. The normalized spacial score (nSPS) is 11.8. The highest BCUT2D eigenvalue weighted by Gasteiger charge is 1.77. The Kier molecular flexibility index (Phi) is 10.0. The van der Waals surface area contributed by atoms with Crippen LogP contribution in [-0.4, -0.2) is 0 Å². The summed E-state index contributed by atoms with van der Waals surface area (Å²) < 4.78 is 0. The lowest BCUT2D eigenvalue weighted by Crippen LogP contribution is -1.67. The molecule has 0 unspecified atom stereocenters. The van der Waals surface area contributed by atoms with E-state index in [2.05, 4.69) is 38.2 Å². The molecule has 0 bridgehead atoms. The van der Waals surface area contributed by atoms with Crippen LogP contribution in [0.4, 0.5) is 0 Å². The van der Waals surface area contributed by atoms with Crippen LogP contribution in [0.3, 0.4) is 0 Å². The topological polar surface area (TPSA) is 0 Å². The first kappa shape index (κ1) is 11.5. The summed E-state index contributed by atoms with van der Waals surface area (Å²) in [6.45, 7) is 4.44. The van der Waals surface area contributed by atoms with Gasteiger partial charge in [-0.05, 0) is 19.3 Å². The fourth-order valence-electron chi connectivity index (χ4n) is 0.995. The number of rotatable bonds is 7. The minimum absolute atomic E-state index is 1.11. The van der Waals surface area contributed by atoms with Crippen LogP contribution >= 0.6 is 0 Å². The second kappa shape index (κ2) is 10.5. The molecular formula is C12H22. The van der Waals surface area contributed by atoms with Crippen molar-refractivity contribution in [2.75, 3.05) is 0 Å². The van der Waals surface area contributed by atoms with Gasteiger partial charge < -0.3 is 0 Å². The molecule has 0 rings (SSSR count). The van der Waals surface area contributed by atoms with Crippen molar-refractivity contribution in [2.45, 2.75) is 52.4 Å². The monoisotopic (exact) mass is 166 g/mol. The number of hydrogen-bond acceptors (Lipinski definition) is 0. The molecule has 0 aliphatic heterocycles. The summed E-state index contributed by atoms with van der Waals surface area (Å²) >= 11 is 0. The third-order valence-electron chi connectivity index (χ3n) is 1.79. The van der Waals surface area contributed by atoms with E-state index < -0.39 is 0 Å². The fraction of sp³-hybridized carbons (Fsp3) is 0.667.